The molecule has 0 bridgehead atoms. The number of rotatable bonds is 6. The maximum Gasteiger partial charge on any atom is 0.265 e. The van der Waals surface area contributed by atoms with E-state index in [1.165, 1.54) is 18.5 Å². The third-order valence-corrected chi connectivity index (χ3v) is 6.79. The quantitative estimate of drug-likeness (QED) is 0.318. The molecule has 1 aliphatic rings. The van der Waals surface area contributed by atoms with Crippen LogP contribution >= 0.6 is 11.6 Å². The molecule has 5 rings (SSSR count). The second-order valence-corrected chi connectivity index (χ2v) is 9.37. The zero-order chi connectivity index (χ0) is 26.3. The predicted octanol–water partition coefficient (Wildman–Crippen LogP) is 2.63. The Morgan fingerprint density at radius 2 is 1.97 bits per heavy atom. The van der Waals surface area contributed by atoms with E-state index in [9.17, 15) is 18.3 Å². The lowest BCUT2D eigenvalue weighted by atomic mass is 9.84. The lowest BCUT2D eigenvalue weighted by molar-refractivity contribution is -0.0529. The number of hydrogen-bond donors (Lipinski definition) is 3. The van der Waals surface area contributed by atoms with Gasteiger partial charge in [0, 0.05) is 13.1 Å². The Labute approximate surface area is 214 Å². The summed E-state index contributed by atoms with van der Waals surface area (Å²) in [5, 5.41) is 9.84. The average Bonchev–Trinajstić information content (AvgIpc) is 3.29. The van der Waals surface area contributed by atoms with Gasteiger partial charge in [0.1, 0.15) is 17.9 Å². The summed E-state index contributed by atoms with van der Waals surface area (Å²) in [6.07, 6.45) is 0.266. The zero-order valence-corrected chi connectivity index (χ0v) is 20.2. The molecule has 1 saturated heterocycles. The number of alkyl halides is 2. The molecule has 5 heterocycles. The van der Waals surface area contributed by atoms with Gasteiger partial charge in [-0.1, -0.05) is 11.6 Å². The van der Waals surface area contributed by atoms with Crippen molar-refractivity contribution in [3.8, 4) is 11.4 Å². The topological polar surface area (TPSA) is 145 Å². The molecule has 0 radical (unpaired) electrons. The largest absolute Gasteiger partial charge is 0.385 e. The van der Waals surface area contributed by atoms with Crippen LogP contribution in [0.3, 0.4) is 0 Å². The van der Waals surface area contributed by atoms with Gasteiger partial charge in [-0.15, -0.1) is 0 Å². The maximum atomic E-state index is 13.7. The van der Waals surface area contributed by atoms with Gasteiger partial charge in [0.05, 0.1) is 41.7 Å². The van der Waals surface area contributed by atoms with E-state index in [0.717, 1.165) is 0 Å². The van der Waals surface area contributed by atoms with Crippen molar-refractivity contribution in [2.75, 3.05) is 23.7 Å². The highest BCUT2D eigenvalue weighted by Gasteiger charge is 2.43. The molecule has 10 nitrogen and oxygen atoms in total. The summed E-state index contributed by atoms with van der Waals surface area (Å²) in [6.45, 7) is 0.758. The number of aromatic nitrogens is 6. The molecule has 1 aliphatic heterocycles. The molecule has 194 valence electrons. The van der Waals surface area contributed by atoms with Crippen LogP contribution in [0.1, 0.15) is 18.4 Å². The second kappa shape index (κ2) is 9.72. The lowest BCUT2D eigenvalue weighted by Gasteiger charge is -2.44. The number of pyridine rings is 2. The zero-order valence-electron chi connectivity index (χ0n) is 19.4. The summed E-state index contributed by atoms with van der Waals surface area (Å²) < 4.78 is 42.2. The van der Waals surface area contributed by atoms with Gasteiger partial charge in [-0.2, -0.15) is 0 Å². The van der Waals surface area contributed by atoms with Crippen molar-refractivity contribution in [3.05, 3.63) is 53.6 Å². The fourth-order valence-corrected chi connectivity index (χ4v) is 4.76. The van der Waals surface area contributed by atoms with Gasteiger partial charge in [0.25, 0.3) is 6.43 Å². The van der Waals surface area contributed by atoms with Crippen LogP contribution in [0.5, 0.6) is 0 Å². The summed E-state index contributed by atoms with van der Waals surface area (Å²) in [7, 11) is 0. The van der Waals surface area contributed by atoms with Crippen LogP contribution in [0.25, 0.3) is 22.6 Å². The van der Waals surface area contributed by atoms with Crippen LogP contribution in [0.15, 0.2) is 37.1 Å². The summed E-state index contributed by atoms with van der Waals surface area (Å²) in [6, 6.07) is 4.40. The molecule has 0 aliphatic carbocycles. The van der Waals surface area contributed by atoms with Crippen LogP contribution in [-0.2, 0) is 6.54 Å². The summed E-state index contributed by atoms with van der Waals surface area (Å²) in [4.78, 5) is 22.9. The Hall–Kier alpha value is -3.55. The van der Waals surface area contributed by atoms with E-state index in [1.54, 1.807) is 23.2 Å². The predicted molar refractivity (Wildman–Crippen MR) is 132 cm³/mol. The highest BCUT2D eigenvalue weighted by atomic mass is 35.5. The van der Waals surface area contributed by atoms with E-state index in [2.05, 4.69) is 24.9 Å². The van der Waals surface area contributed by atoms with Crippen LogP contribution < -0.4 is 16.4 Å². The van der Waals surface area contributed by atoms with Gasteiger partial charge in [-0.25, -0.2) is 33.1 Å². The van der Waals surface area contributed by atoms with Gasteiger partial charge < -0.3 is 26.0 Å². The number of aliphatic hydroxyl groups excluding tert-OH is 1. The van der Waals surface area contributed by atoms with Gasteiger partial charge in [-0.05, 0) is 36.6 Å². The number of aliphatic hydroxyl groups is 1. The molecule has 0 aromatic carbocycles. The number of piperidine rings is 1. The number of fused-ring (bicyclic) bond motifs is 1. The summed E-state index contributed by atoms with van der Waals surface area (Å²) in [5.41, 5.74) is 13.7. The number of imidazole rings is 1. The van der Waals surface area contributed by atoms with Gasteiger partial charge in [-0.3, -0.25) is 4.98 Å². The molecule has 4 aromatic rings. The van der Waals surface area contributed by atoms with Crippen molar-refractivity contribution < 1.29 is 18.3 Å². The SMILES string of the molecule is Nc1ncnc2c1ncn2Cc1cc(-c2ccc(F)c(Cl)n2)ncc1N1CCC[C@](N)([C@@H](O)C(F)F)C1. The minimum Gasteiger partial charge on any atom is -0.385 e. The lowest BCUT2D eigenvalue weighted by Crippen LogP contribution is -2.63. The van der Waals surface area contributed by atoms with Crippen LogP contribution in [0, 0.1) is 5.82 Å². The standard InChI is InChI=1S/C23H23ClF3N9O/c24-19-13(25)2-3-14(34-19)15-6-12(8-36-11-33-17-21(28)31-10-32-22(17)36)16(7-30-15)35-5-1-4-23(29,9-35)18(37)20(26)27/h2-3,6-7,10-11,18,20,37H,1,4-5,8-9,29H2,(H2,28,31,32)/t18-,23+/m0/s1. The molecule has 2 atom stereocenters. The van der Waals surface area contributed by atoms with Crippen LogP contribution in [0.4, 0.5) is 24.7 Å². The number of halogens is 4. The van der Waals surface area contributed by atoms with Crippen LogP contribution in [-0.4, -0.2) is 65.8 Å². The minimum absolute atomic E-state index is 0.00699. The molecule has 0 unspecified atom stereocenters. The highest BCUT2D eigenvalue weighted by molar-refractivity contribution is 6.29. The molecule has 37 heavy (non-hydrogen) atoms. The molecule has 0 spiro atoms. The third-order valence-electron chi connectivity index (χ3n) is 6.53. The van der Waals surface area contributed by atoms with Gasteiger partial charge >= 0.3 is 0 Å². The fraction of sp³-hybridized carbons (Fsp3) is 0.348. The average molecular weight is 534 g/mol. The molecule has 5 N–H and O–H groups in total. The first kappa shape index (κ1) is 25.1. The first-order chi connectivity index (χ1) is 17.7. The third kappa shape index (κ3) is 4.77. The van der Waals surface area contributed by atoms with E-state index in [0.29, 0.717) is 46.8 Å². The van der Waals surface area contributed by atoms with Crippen molar-refractivity contribution in [1.29, 1.82) is 0 Å². The molecule has 4 aromatic heterocycles. The van der Waals surface area contributed by atoms with Crippen molar-refractivity contribution in [1.82, 2.24) is 29.5 Å². The number of hydrogen-bond acceptors (Lipinski definition) is 9. The monoisotopic (exact) mass is 533 g/mol. The number of nitrogen functional groups attached to an aromatic ring is 1. The fourth-order valence-electron chi connectivity index (χ4n) is 4.61. The van der Waals surface area contributed by atoms with E-state index < -0.39 is 23.9 Å². The smallest absolute Gasteiger partial charge is 0.265 e. The van der Waals surface area contributed by atoms with E-state index in [4.69, 9.17) is 23.1 Å². The number of nitrogens with two attached hydrogens (primary N) is 2. The van der Waals surface area contributed by atoms with Gasteiger partial charge in [0.2, 0.25) is 0 Å². The molecular formula is C23H23ClF3N9O. The van der Waals surface area contributed by atoms with Crippen molar-refractivity contribution in [2.24, 2.45) is 5.73 Å². The molecular weight excluding hydrogens is 511 g/mol. The Bertz CT molecular complexity index is 1450. The summed E-state index contributed by atoms with van der Waals surface area (Å²) >= 11 is 5.88. The summed E-state index contributed by atoms with van der Waals surface area (Å²) in [5.74, 6) is -0.427. The van der Waals surface area contributed by atoms with Crippen LogP contribution in [0.2, 0.25) is 5.15 Å². The van der Waals surface area contributed by atoms with Crippen molar-refractivity contribution in [3.63, 3.8) is 0 Å². The van der Waals surface area contributed by atoms with E-state index >= 15 is 0 Å². The number of nitrogens with zero attached hydrogens (tertiary/aromatic N) is 7. The van der Waals surface area contributed by atoms with Crippen molar-refractivity contribution in [2.45, 2.75) is 37.5 Å². The number of anilines is 2. The Balaban J connectivity index is 1.58. The maximum absolute atomic E-state index is 13.7. The molecule has 14 heteroatoms. The molecule has 0 saturated carbocycles. The second-order valence-electron chi connectivity index (χ2n) is 9.01. The van der Waals surface area contributed by atoms with E-state index in [1.807, 2.05) is 4.90 Å². The Kier molecular flexibility index (Phi) is 6.60. The highest BCUT2D eigenvalue weighted by Crippen LogP contribution is 2.33. The van der Waals surface area contributed by atoms with Crippen molar-refractivity contribution >= 4 is 34.3 Å². The molecule has 0 amide bonds. The van der Waals surface area contributed by atoms with Gasteiger partial charge in [0.15, 0.2) is 22.4 Å². The molecule has 1 fully saturated rings. The Morgan fingerprint density at radius 1 is 1.16 bits per heavy atom. The normalized spacial score (nSPS) is 19.1. The first-order valence-corrected chi connectivity index (χ1v) is 11.8. The first-order valence-electron chi connectivity index (χ1n) is 11.4. The minimum atomic E-state index is -2.97. The van der Waals surface area contributed by atoms with E-state index in [-0.39, 0.29) is 30.5 Å². The Morgan fingerprint density at radius 3 is 2.73 bits per heavy atom.